The minimum atomic E-state index is -3.40. The van der Waals surface area contributed by atoms with Gasteiger partial charge < -0.3 is 5.73 Å². The van der Waals surface area contributed by atoms with Crippen molar-refractivity contribution in [1.29, 1.82) is 0 Å². The van der Waals surface area contributed by atoms with Crippen molar-refractivity contribution in [3.63, 3.8) is 0 Å². The molecule has 0 atom stereocenters. The zero-order valence-electron chi connectivity index (χ0n) is 16.9. The van der Waals surface area contributed by atoms with Crippen molar-refractivity contribution in [2.24, 2.45) is 5.73 Å². The number of aromatic nitrogens is 2. The molecule has 1 aromatic carbocycles. The first-order chi connectivity index (χ1) is 14.6. The van der Waals surface area contributed by atoms with E-state index in [2.05, 4.69) is 14.7 Å². The van der Waals surface area contributed by atoms with E-state index >= 15 is 0 Å². The van der Waals surface area contributed by atoms with Crippen LogP contribution in [-0.2, 0) is 15.4 Å². The molecule has 0 radical (unpaired) electrons. The molecule has 2 aromatic heterocycles. The number of anilines is 1. The van der Waals surface area contributed by atoms with E-state index in [4.69, 9.17) is 17.3 Å². The first kappa shape index (κ1) is 21.7. The van der Waals surface area contributed by atoms with Gasteiger partial charge in [0.2, 0.25) is 15.9 Å². The summed E-state index contributed by atoms with van der Waals surface area (Å²) in [5.74, 6) is -0.538. The highest BCUT2D eigenvalue weighted by Crippen LogP contribution is 2.40. The number of sulfonamides is 1. The number of nitrogens with zero attached hydrogens (tertiary/aromatic N) is 2. The van der Waals surface area contributed by atoms with E-state index in [1.807, 2.05) is 25.3 Å². The molecule has 1 aliphatic carbocycles. The van der Waals surface area contributed by atoms with Gasteiger partial charge in [0.25, 0.3) is 0 Å². The molecule has 1 aliphatic rings. The number of benzene rings is 1. The number of rotatable bonds is 7. The van der Waals surface area contributed by atoms with Gasteiger partial charge in [0.1, 0.15) is 0 Å². The van der Waals surface area contributed by atoms with Crippen LogP contribution in [0.4, 0.5) is 5.13 Å². The predicted molar refractivity (Wildman–Crippen MR) is 123 cm³/mol. The molecule has 4 rings (SSSR count). The normalized spacial score (nSPS) is 14.4. The van der Waals surface area contributed by atoms with Gasteiger partial charge in [0.05, 0.1) is 16.0 Å². The van der Waals surface area contributed by atoms with Gasteiger partial charge in [-0.1, -0.05) is 31.5 Å². The Morgan fingerprint density at radius 2 is 2.00 bits per heavy atom. The number of thiazole rings is 1. The Labute approximate surface area is 189 Å². The Kier molecular flexibility index (Phi) is 5.53. The Morgan fingerprint density at radius 1 is 1.26 bits per heavy atom. The van der Waals surface area contributed by atoms with Crippen molar-refractivity contribution in [3.05, 3.63) is 63.9 Å². The third kappa shape index (κ3) is 4.44. The third-order valence-corrected chi connectivity index (χ3v) is 8.25. The fourth-order valence-electron chi connectivity index (χ4n) is 3.35. The molecule has 3 aromatic rings. The zero-order chi connectivity index (χ0) is 22.4. The maximum Gasteiger partial charge on any atom is 0.248 e. The SMILES string of the molecule is CC(C)(c1csc(NS(=O)(=O)C2CC2)n1)c1cc(C(N)=O)ccc1-c1cncc(Cl)c1. The Bertz CT molecular complexity index is 1270. The van der Waals surface area contributed by atoms with Crippen molar-refractivity contribution < 1.29 is 13.2 Å². The molecule has 10 heteroatoms. The summed E-state index contributed by atoms with van der Waals surface area (Å²) in [6.07, 6.45) is 4.60. The topological polar surface area (TPSA) is 115 Å². The predicted octanol–water partition coefficient (Wildman–Crippen LogP) is 4.19. The summed E-state index contributed by atoms with van der Waals surface area (Å²) in [6.45, 7) is 3.92. The second kappa shape index (κ2) is 7.89. The average molecular weight is 477 g/mol. The Morgan fingerprint density at radius 3 is 2.65 bits per heavy atom. The average Bonchev–Trinajstić information content (AvgIpc) is 3.48. The highest BCUT2D eigenvalue weighted by atomic mass is 35.5. The Balaban J connectivity index is 1.78. The maximum atomic E-state index is 12.3. The van der Waals surface area contributed by atoms with Crippen LogP contribution in [0.25, 0.3) is 11.1 Å². The molecule has 1 amide bonds. The summed E-state index contributed by atoms with van der Waals surface area (Å²) in [6, 6.07) is 7.01. The lowest BCUT2D eigenvalue weighted by Crippen LogP contribution is -2.23. The third-order valence-electron chi connectivity index (χ3n) is 5.33. The van der Waals surface area contributed by atoms with Crippen LogP contribution in [-0.4, -0.2) is 29.5 Å². The van der Waals surface area contributed by atoms with Crippen LogP contribution in [0.5, 0.6) is 0 Å². The van der Waals surface area contributed by atoms with Crippen molar-refractivity contribution in [1.82, 2.24) is 9.97 Å². The minimum Gasteiger partial charge on any atom is -0.366 e. The highest BCUT2D eigenvalue weighted by Gasteiger charge is 2.37. The van der Waals surface area contributed by atoms with Crippen LogP contribution in [0.15, 0.2) is 42.0 Å². The fourth-order valence-corrected chi connectivity index (χ4v) is 6.00. The molecule has 0 aliphatic heterocycles. The molecular formula is C21H21ClN4O3S2. The Hall–Kier alpha value is -2.49. The lowest BCUT2D eigenvalue weighted by molar-refractivity contribution is 0.1000. The number of carbonyl (C=O) groups excluding carboxylic acids is 1. The molecule has 0 saturated heterocycles. The maximum absolute atomic E-state index is 12.3. The van der Waals surface area contributed by atoms with Crippen LogP contribution < -0.4 is 10.5 Å². The molecule has 3 N–H and O–H groups in total. The van der Waals surface area contributed by atoms with Crippen molar-refractivity contribution in [2.75, 3.05) is 4.72 Å². The van der Waals surface area contributed by atoms with E-state index in [1.54, 1.807) is 30.6 Å². The van der Waals surface area contributed by atoms with Gasteiger partial charge in [0, 0.05) is 34.3 Å². The van der Waals surface area contributed by atoms with Crippen molar-refractivity contribution in [3.8, 4) is 11.1 Å². The molecule has 162 valence electrons. The van der Waals surface area contributed by atoms with E-state index in [9.17, 15) is 13.2 Å². The number of halogens is 1. The first-order valence-corrected chi connectivity index (χ1v) is 12.4. The zero-order valence-corrected chi connectivity index (χ0v) is 19.3. The van der Waals surface area contributed by atoms with Crippen molar-refractivity contribution >= 4 is 44.0 Å². The van der Waals surface area contributed by atoms with E-state index in [-0.39, 0.29) is 5.25 Å². The van der Waals surface area contributed by atoms with Gasteiger partial charge in [-0.25, -0.2) is 13.4 Å². The van der Waals surface area contributed by atoms with Crippen LogP contribution in [0.2, 0.25) is 5.02 Å². The lowest BCUT2D eigenvalue weighted by atomic mass is 9.77. The second-order valence-electron chi connectivity index (χ2n) is 8.03. The smallest absolute Gasteiger partial charge is 0.248 e. The minimum absolute atomic E-state index is 0.326. The van der Waals surface area contributed by atoms with Gasteiger partial charge in [-0.2, -0.15) is 0 Å². The number of pyridine rings is 1. The van der Waals surface area contributed by atoms with Gasteiger partial charge >= 0.3 is 0 Å². The van der Waals surface area contributed by atoms with Gasteiger partial charge in [-0.3, -0.25) is 14.5 Å². The molecule has 1 fully saturated rings. The number of nitrogens with one attached hydrogen (secondary N) is 1. The molecule has 31 heavy (non-hydrogen) atoms. The second-order valence-corrected chi connectivity index (χ2v) is 11.3. The van der Waals surface area contributed by atoms with E-state index < -0.39 is 21.3 Å². The molecule has 0 unspecified atom stereocenters. The number of carbonyl (C=O) groups is 1. The summed E-state index contributed by atoms with van der Waals surface area (Å²) in [5.41, 5.74) is 8.32. The number of amides is 1. The number of nitrogens with two attached hydrogens (primary N) is 1. The van der Waals surface area contributed by atoms with Crippen LogP contribution >= 0.6 is 22.9 Å². The molecular weight excluding hydrogens is 456 g/mol. The summed E-state index contributed by atoms with van der Waals surface area (Å²) < 4.78 is 27.1. The summed E-state index contributed by atoms with van der Waals surface area (Å²) in [4.78, 5) is 20.6. The number of primary amides is 1. The quantitative estimate of drug-likeness (QED) is 0.530. The highest BCUT2D eigenvalue weighted by molar-refractivity contribution is 7.93. The van der Waals surface area contributed by atoms with Gasteiger partial charge in [0.15, 0.2) is 5.13 Å². The van der Waals surface area contributed by atoms with E-state index in [0.29, 0.717) is 34.3 Å². The van der Waals surface area contributed by atoms with Crippen LogP contribution in [0.3, 0.4) is 0 Å². The van der Waals surface area contributed by atoms with Crippen LogP contribution in [0.1, 0.15) is 48.3 Å². The van der Waals surface area contributed by atoms with Gasteiger partial charge in [-0.15, -0.1) is 11.3 Å². The standard InChI is InChI=1S/C21H21ClN4O3S2/c1-21(2,18-11-30-20(25-18)26-31(28,29)15-4-5-15)17-8-12(19(23)27)3-6-16(17)13-7-14(22)10-24-9-13/h3,6-11,15H,4-5H2,1-2H3,(H2,23,27)(H,25,26). The lowest BCUT2D eigenvalue weighted by Gasteiger charge is -2.27. The summed E-state index contributed by atoms with van der Waals surface area (Å²) >= 11 is 7.37. The molecule has 1 saturated carbocycles. The van der Waals surface area contributed by atoms with E-state index in [0.717, 1.165) is 16.7 Å². The monoisotopic (exact) mass is 476 g/mol. The summed E-state index contributed by atoms with van der Waals surface area (Å²) in [7, 11) is -3.40. The van der Waals surface area contributed by atoms with E-state index in [1.165, 1.54) is 11.3 Å². The molecule has 7 nitrogen and oxygen atoms in total. The van der Waals surface area contributed by atoms with Crippen molar-refractivity contribution in [2.45, 2.75) is 37.4 Å². The molecule has 0 bridgehead atoms. The summed E-state index contributed by atoms with van der Waals surface area (Å²) in [5, 5.41) is 2.31. The number of hydrogen-bond acceptors (Lipinski definition) is 6. The molecule has 0 spiro atoms. The number of hydrogen-bond donors (Lipinski definition) is 2. The van der Waals surface area contributed by atoms with Crippen LogP contribution in [0, 0.1) is 0 Å². The fraction of sp³-hybridized carbons (Fsp3) is 0.286. The molecule has 2 heterocycles. The van der Waals surface area contributed by atoms with Gasteiger partial charge in [-0.05, 0) is 42.2 Å². The largest absolute Gasteiger partial charge is 0.366 e. The first-order valence-electron chi connectivity index (χ1n) is 9.61.